The summed E-state index contributed by atoms with van der Waals surface area (Å²) in [5, 5.41) is 0. The van der Waals surface area contributed by atoms with Crippen LogP contribution in [0, 0.1) is 0 Å². The number of ketones is 1. The van der Waals surface area contributed by atoms with Crippen LogP contribution >= 0.6 is 22.9 Å². The van der Waals surface area contributed by atoms with Gasteiger partial charge in [-0.3, -0.25) is 4.79 Å². The molecule has 0 bridgehead atoms. The maximum absolute atomic E-state index is 12.1. The van der Waals surface area contributed by atoms with Crippen LogP contribution in [0.5, 0.6) is 17.2 Å². The SMILES string of the molecule is CCOc1c(OC)cc(/C=C/C(=O)c2ccc(Cl)s2)cc1OC. The molecule has 1 heterocycles. The second-order valence-corrected chi connectivity index (χ2v) is 6.20. The van der Waals surface area contributed by atoms with E-state index in [2.05, 4.69) is 0 Å². The first-order chi connectivity index (χ1) is 11.1. The molecule has 0 aliphatic heterocycles. The molecule has 0 aliphatic rings. The van der Waals surface area contributed by atoms with E-state index in [0.717, 1.165) is 5.56 Å². The summed E-state index contributed by atoms with van der Waals surface area (Å²) in [5.41, 5.74) is 0.776. The van der Waals surface area contributed by atoms with Gasteiger partial charge < -0.3 is 14.2 Å². The van der Waals surface area contributed by atoms with Crippen molar-refractivity contribution in [3.63, 3.8) is 0 Å². The Kier molecular flexibility index (Phi) is 6.07. The van der Waals surface area contributed by atoms with Crippen LogP contribution in [0.1, 0.15) is 22.2 Å². The lowest BCUT2D eigenvalue weighted by atomic mass is 10.1. The van der Waals surface area contributed by atoms with Gasteiger partial charge in [0.25, 0.3) is 0 Å². The highest BCUT2D eigenvalue weighted by atomic mass is 35.5. The fourth-order valence-corrected chi connectivity index (χ4v) is 2.95. The van der Waals surface area contributed by atoms with Crippen molar-refractivity contribution < 1.29 is 19.0 Å². The van der Waals surface area contributed by atoms with E-state index in [9.17, 15) is 4.79 Å². The van der Waals surface area contributed by atoms with Gasteiger partial charge in [0.1, 0.15) is 0 Å². The molecule has 2 aromatic rings. The third-order valence-corrected chi connectivity index (χ3v) is 4.26. The minimum absolute atomic E-state index is 0.103. The first kappa shape index (κ1) is 17.4. The summed E-state index contributed by atoms with van der Waals surface area (Å²) in [7, 11) is 3.12. The van der Waals surface area contributed by atoms with Crippen molar-refractivity contribution in [3.8, 4) is 17.2 Å². The summed E-state index contributed by atoms with van der Waals surface area (Å²) in [6.07, 6.45) is 3.20. The van der Waals surface area contributed by atoms with E-state index in [0.29, 0.717) is 33.1 Å². The average molecular weight is 353 g/mol. The number of methoxy groups -OCH3 is 2. The van der Waals surface area contributed by atoms with Gasteiger partial charge in [-0.25, -0.2) is 0 Å². The zero-order valence-electron chi connectivity index (χ0n) is 13.1. The summed E-state index contributed by atoms with van der Waals surface area (Å²) in [5.74, 6) is 1.55. The Labute approximate surface area is 144 Å². The first-order valence-electron chi connectivity index (χ1n) is 6.95. The maximum atomic E-state index is 12.1. The van der Waals surface area contributed by atoms with Gasteiger partial charge >= 0.3 is 0 Å². The van der Waals surface area contributed by atoms with Crippen molar-refractivity contribution in [2.75, 3.05) is 20.8 Å². The molecule has 4 nitrogen and oxygen atoms in total. The lowest BCUT2D eigenvalue weighted by Gasteiger charge is -2.14. The largest absolute Gasteiger partial charge is 0.493 e. The molecule has 0 radical (unpaired) electrons. The van der Waals surface area contributed by atoms with Gasteiger partial charge in [0.2, 0.25) is 5.75 Å². The van der Waals surface area contributed by atoms with Gasteiger partial charge in [-0.15, -0.1) is 11.3 Å². The zero-order chi connectivity index (χ0) is 16.8. The molecule has 0 N–H and O–H groups in total. The molecule has 0 amide bonds. The molecule has 0 fully saturated rings. The molecule has 0 aliphatic carbocycles. The molecule has 0 spiro atoms. The van der Waals surface area contributed by atoms with E-state index in [4.69, 9.17) is 25.8 Å². The highest BCUT2D eigenvalue weighted by molar-refractivity contribution is 7.18. The number of carbonyl (C=O) groups is 1. The number of hydrogen-bond donors (Lipinski definition) is 0. The quantitative estimate of drug-likeness (QED) is 0.534. The van der Waals surface area contributed by atoms with Gasteiger partial charge in [-0.2, -0.15) is 0 Å². The average Bonchev–Trinajstić information content (AvgIpc) is 3.00. The number of rotatable bonds is 7. The van der Waals surface area contributed by atoms with Crippen molar-refractivity contribution in [3.05, 3.63) is 45.1 Å². The molecular weight excluding hydrogens is 336 g/mol. The van der Waals surface area contributed by atoms with Crippen LogP contribution in [0.2, 0.25) is 4.34 Å². The Morgan fingerprint density at radius 2 is 1.87 bits per heavy atom. The van der Waals surface area contributed by atoms with E-state index in [1.54, 1.807) is 44.6 Å². The number of allylic oxidation sites excluding steroid dienone is 1. The molecule has 6 heteroatoms. The van der Waals surface area contributed by atoms with E-state index < -0.39 is 0 Å². The van der Waals surface area contributed by atoms with Crippen molar-refractivity contribution in [2.24, 2.45) is 0 Å². The fourth-order valence-electron chi connectivity index (χ4n) is 1.98. The van der Waals surface area contributed by atoms with Gasteiger partial charge in [-0.1, -0.05) is 17.7 Å². The van der Waals surface area contributed by atoms with E-state index in [-0.39, 0.29) is 5.78 Å². The normalized spacial score (nSPS) is 10.8. The minimum atomic E-state index is -0.103. The Balaban J connectivity index is 2.29. The standard InChI is InChI=1S/C17H17ClO4S/c1-4-22-17-13(20-2)9-11(10-14(17)21-3)5-6-12(19)15-7-8-16(18)23-15/h5-10H,4H2,1-3H3/b6-5+. The van der Waals surface area contributed by atoms with Crippen molar-refractivity contribution in [1.29, 1.82) is 0 Å². The van der Waals surface area contributed by atoms with Crippen LogP contribution < -0.4 is 14.2 Å². The highest BCUT2D eigenvalue weighted by Gasteiger charge is 2.13. The van der Waals surface area contributed by atoms with Crippen LogP contribution in [0.3, 0.4) is 0 Å². The lowest BCUT2D eigenvalue weighted by Crippen LogP contribution is -1.99. The lowest BCUT2D eigenvalue weighted by molar-refractivity contribution is 0.105. The Hall–Kier alpha value is -1.98. The van der Waals surface area contributed by atoms with Gasteiger partial charge in [0, 0.05) is 0 Å². The number of hydrogen-bond acceptors (Lipinski definition) is 5. The summed E-state index contributed by atoms with van der Waals surface area (Å²) < 4.78 is 16.8. The summed E-state index contributed by atoms with van der Waals surface area (Å²) in [6.45, 7) is 2.39. The van der Waals surface area contributed by atoms with Crippen molar-refractivity contribution in [2.45, 2.75) is 6.92 Å². The van der Waals surface area contributed by atoms with Crippen LogP contribution in [0.15, 0.2) is 30.3 Å². The van der Waals surface area contributed by atoms with Gasteiger partial charge in [-0.05, 0) is 42.8 Å². The van der Waals surface area contributed by atoms with Crippen LogP contribution in [-0.4, -0.2) is 26.6 Å². The van der Waals surface area contributed by atoms with Crippen LogP contribution in [-0.2, 0) is 0 Å². The predicted molar refractivity (Wildman–Crippen MR) is 93.4 cm³/mol. The molecular formula is C17H17ClO4S. The van der Waals surface area contributed by atoms with Crippen molar-refractivity contribution >= 4 is 34.8 Å². The first-order valence-corrected chi connectivity index (χ1v) is 8.15. The molecule has 122 valence electrons. The van der Waals surface area contributed by atoms with Crippen LogP contribution in [0.25, 0.3) is 6.08 Å². The maximum Gasteiger partial charge on any atom is 0.203 e. The molecule has 1 aromatic carbocycles. The zero-order valence-corrected chi connectivity index (χ0v) is 14.7. The second kappa shape index (κ2) is 8.04. The molecule has 2 rings (SSSR count). The minimum Gasteiger partial charge on any atom is -0.493 e. The number of thiophene rings is 1. The third kappa shape index (κ3) is 4.27. The highest BCUT2D eigenvalue weighted by Crippen LogP contribution is 2.39. The van der Waals surface area contributed by atoms with Gasteiger partial charge in [0.15, 0.2) is 17.3 Å². The number of halogens is 1. The van der Waals surface area contributed by atoms with Crippen LogP contribution in [0.4, 0.5) is 0 Å². The van der Waals surface area contributed by atoms with Crippen molar-refractivity contribution in [1.82, 2.24) is 0 Å². The predicted octanol–water partition coefficient (Wildman–Crippen LogP) is 4.71. The molecule has 0 saturated carbocycles. The van der Waals surface area contributed by atoms with E-state index >= 15 is 0 Å². The molecule has 23 heavy (non-hydrogen) atoms. The van der Waals surface area contributed by atoms with E-state index in [1.165, 1.54) is 17.4 Å². The molecule has 0 atom stereocenters. The number of ether oxygens (including phenoxy) is 3. The molecule has 0 saturated heterocycles. The van der Waals surface area contributed by atoms with E-state index in [1.807, 2.05) is 6.92 Å². The monoisotopic (exact) mass is 352 g/mol. The summed E-state index contributed by atoms with van der Waals surface area (Å²) >= 11 is 7.09. The fraction of sp³-hybridized carbons (Fsp3) is 0.235. The summed E-state index contributed by atoms with van der Waals surface area (Å²) in [4.78, 5) is 12.7. The molecule has 1 aromatic heterocycles. The number of carbonyl (C=O) groups excluding carboxylic acids is 1. The van der Waals surface area contributed by atoms with Gasteiger partial charge in [0.05, 0.1) is 30.0 Å². The Morgan fingerprint density at radius 3 is 2.35 bits per heavy atom. The number of benzene rings is 1. The second-order valence-electron chi connectivity index (χ2n) is 4.49. The third-order valence-electron chi connectivity index (χ3n) is 3.01. The Morgan fingerprint density at radius 1 is 1.22 bits per heavy atom. The Bertz CT molecular complexity index is 696. The molecule has 0 unspecified atom stereocenters. The summed E-state index contributed by atoms with van der Waals surface area (Å²) in [6, 6.07) is 6.99. The smallest absolute Gasteiger partial charge is 0.203 e. The topological polar surface area (TPSA) is 44.8 Å².